The van der Waals surface area contributed by atoms with Gasteiger partial charge in [0, 0.05) is 44.7 Å². The predicted octanol–water partition coefficient (Wildman–Crippen LogP) is 2.26. The lowest BCUT2D eigenvalue weighted by molar-refractivity contribution is -0.139. The zero-order chi connectivity index (χ0) is 15.4. The number of carbonyl (C=O) groups excluding carboxylic acids is 1. The highest BCUT2D eigenvalue weighted by Gasteiger charge is 2.35. The van der Waals surface area contributed by atoms with Gasteiger partial charge in [0.2, 0.25) is 5.91 Å². The lowest BCUT2D eigenvalue weighted by atomic mass is 9.97. The summed E-state index contributed by atoms with van der Waals surface area (Å²) in [6, 6.07) is 0.370. The second-order valence-electron chi connectivity index (χ2n) is 7.58. The maximum atomic E-state index is 12.8. The Kier molecular flexibility index (Phi) is 5.75. The minimum Gasteiger partial charge on any atom is -0.396 e. The fourth-order valence-electron chi connectivity index (χ4n) is 4.17. The van der Waals surface area contributed by atoms with Gasteiger partial charge < -0.3 is 10.0 Å². The molecule has 0 spiro atoms. The fraction of sp³-hybridized carbons (Fsp3) is 0.944. The van der Waals surface area contributed by atoms with E-state index in [-0.39, 0.29) is 12.5 Å². The normalized spacial score (nSPS) is 28.6. The number of amides is 1. The third-order valence-electron chi connectivity index (χ3n) is 5.77. The number of rotatable bonds is 5. The lowest BCUT2D eigenvalue weighted by Gasteiger charge is -2.42. The van der Waals surface area contributed by atoms with E-state index in [1.807, 2.05) is 0 Å². The Bertz CT molecular complexity index is 362. The Morgan fingerprint density at radius 1 is 1.00 bits per heavy atom. The second-order valence-corrected chi connectivity index (χ2v) is 7.58. The minimum absolute atomic E-state index is 0.233. The first-order chi connectivity index (χ1) is 10.8. The molecule has 0 aromatic heterocycles. The van der Waals surface area contributed by atoms with Crippen molar-refractivity contribution in [1.29, 1.82) is 0 Å². The van der Waals surface area contributed by atoms with Crippen LogP contribution in [-0.4, -0.2) is 59.6 Å². The molecule has 3 fully saturated rings. The first kappa shape index (κ1) is 16.3. The highest BCUT2D eigenvalue weighted by Crippen LogP contribution is 2.32. The Hall–Kier alpha value is -0.610. The average Bonchev–Trinajstić information content (AvgIpc) is 3.35. The molecule has 1 N–H and O–H groups in total. The van der Waals surface area contributed by atoms with E-state index in [0.29, 0.717) is 11.9 Å². The van der Waals surface area contributed by atoms with Gasteiger partial charge in [0.05, 0.1) is 0 Å². The van der Waals surface area contributed by atoms with Gasteiger partial charge in [-0.25, -0.2) is 0 Å². The molecule has 4 heteroatoms. The van der Waals surface area contributed by atoms with E-state index in [2.05, 4.69) is 9.80 Å². The van der Waals surface area contributed by atoms with Crippen LogP contribution in [0.5, 0.6) is 0 Å². The van der Waals surface area contributed by atoms with Crippen molar-refractivity contribution in [2.75, 3.05) is 32.8 Å². The first-order valence-electron chi connectivity index (χ1n) is 9.41. The molecule has 126 valence electrons. The highest BCUT2D eigenvalue weighted by atomic mass is 16.3. The second kappa shape index (κ2) is 7.78. The topological polar surface area (TPSA) is 43.8 Å². The zero-order valence-corrected chi connectivity index (χ0v) is 13.9. The van der Waals surface area contributed by atoms with Gasteiger partial charge in [-0.05, 0) is 38.0 Å². The third-order valence-corrected chi connectivity index (χ3v) is 5.77. The van der Waals surface area contributed by atoms with Crippen molar-refractivity contribution in [1.82, 2.24) is 9.80 Å². The Labute approximate surface area is 134 Å². The average molecular weight is 308 g/mol. The molecule has 3 rings (SSSR count). The lowest BCUT2D eigenvalue weighted by Crippen LogP contribution is -2.56. The molecular formula is C18H32N2O2. The molecule has 0 bridgehead atoms. The summed E-state index contributed by atoms with van der Waals surface area (Å²) < 4.78 is 0. The van der Waals surface area contributed by atoms with E-state index >= 15 is 0 Å². The van der Waals surface area contributed by atoms with Crippen molar-refractivity contribution in [3.63, 3.8) is 0 Å². The predicted molar refractivity (Wildman–Crippen MR) is 87.6 cm³/mol. The first-order valence-corrected chi connectivity index (χ1v) is 9.41. The van der Waals surface area contributed by atoms with Gasteiger partial charge in [-0.3, -0.25) is 9.69 Å². The molecule has 2 aliphatic carbocycles. The number of hydrogen-bond donors (Lipinski definition) is 1. The van der Waals surface area contributed by atoms with Crippen molar-refractivity contribution >= 4 is 5.91 Å². The van der Waals surface area contributed by atoms with Crippen LogP contribution in [0, 0.1) is 11.8 Å². The fourth-order valence-corrected chi connectivity index (χ4v) is 4.17. The van der Waals surface area contributed by atoms with Crippen molar-refractivity contribution in [3.8, 4) is 0 Å². The van der Waals surface area contributed by atoms with Crippen LogP contribution >= 0.6 is 0 Å². The monoisotopic (exact) mass is 308 g/mol. The van der Waals surface area contributed by atoms with E-state index in [0.717, 1.165) is 44.8 Å². The number of piperazine rings is 1. The molecule has 1 saturated heterocycles. The van der Waals surface area contributed by atoms with Crippen molar-refractivity contribution in [3.05, 3.63) is 0 Å². The van der Waals surface area contributed by atoms with Crippen molar-refractivity contribution < 1.29 is 9.90 Å². The molecule has 2 saturated carbocycles. The SMILES string of the molecule is O=C(C1CCCCCC1)N1CCN(CC2CC2)[C@H](CCO)C1. The molecule has 4 nitrogen and oxygen atoms in total. The summed E-state index contributed by atoms with van der Waals surface area (Å²) >= 11 is 0. The molecule has 0 aromatic carbocycles. The van der Waals surface area contributed by atoms with Crippen LogP contribution in [0.25, 0.3) is 0 Å². The molecule has 0 radical (unpaired) electrons. The minimum atomic E-state index is 0.233. The third kappa shape index (κ3) is 4.23. The van der Waals surface area contributed by atoms with Crippen LogP contribution in [0.15, 0.2) is 0 Å². The number of carbonyl (C=O) groups is 1. The van der Waals surface area contributed by atoms with Gasteiger partial charge in [0.1, 0.15) is 0 Å². The van der Waals surface area contributed by atoms with Gasteiger partial charge in [-0.2, -0.15) is 0 Å². The maximum absolute atomic E-state index is 12.8. The molecule has 0 unspecified atom stereocenters. The molecule has 1 amide bonds. The standard InChI is InChI=1S/C18H32N2O2/c21-12-9-17-14-20(11-10-19(17)13-15-7-8-15)18(22)16-5-3-1-2-4-6-16/h15-17,21H,1-14H2/t17-/m1/s1. The smallest absolute Gasteiger partial charge is 0.225 e. The highest BCUT2D eigenvalue weighted by molar-refractivity contribution is 5.79. The van der Waals surface area contributed by atoms with Crippen LogP contribution in [0.4, 0.5) is 0 Å². The van der Waals surface area contributed by atoms with Crippen molar-refractivity contribution in [2.24, 2.45) is 11.8 Å². The Balaban J connectivity index is 1.56. The summed E-state index contributed by atoms with van der Waals surface area (Å²) in [7, 11) is 0. The number of aliphatic hydroxyl groups is 1. The van der Waals surface area contributed by atoms with Crippen LogP contribution in [0.1, 0.15) is 57.8 Å². The van der Waals surface area contributed by atoms with E-state index < -0.39 is 0 Å². The van der Waals surface area contributed by atoms with Crippen molar-refractivity contribution in [2.45, 2.75) is 63.8 Å². The molecular weight excluding hydrogens is 276 g/mol. The Morgan fingerprint density at radius 2 is 1.73 bits per heavy atom. The van der Waals surface area contributed by atoms with E-state index in [4.69, 9.17) is 0 Å². The summed E-state index contributed by atoms with van der Waals surface area (Å²) in [5.74, 6) is 1.55. The summed E-state index contributed by atoms with van der Waals surface area (Å²) in [6.45, 7) is 4.14. The van der Waals surface area contributed by atoms with Crippen LogP contribution in [0.3, 0.4) is 0 Å². The Morgan fingerprint density at radius 3 is 2.36 bits per heavy atom. The van der Waals surface area contributed by atoms with Crippen LogP contribution in [-0.2, 0) is 4.79 Å². The zero-order valence-electron chi connectivity index (χ0n) is 13.9. The quantitative estimate of drug-likeness (QED) is 0.792. The van der Waals surface area contributed by atoms with Gasteiger partial charge >= 0.3 is 0 Å². The molecule has 3 aliphatic rings. The van der Waals surface area contributed by atoms with Crippen LogP contribution in [0.2, 0.25) is 0 Å². The number of aliphatic hydroxyl groups excluding tert-OH is 1. The van der Waals surface area contributed by atoms with E-state index in [9.17, 15) is 9.90 Å². The van der Waals surface area contributed by atoms with E-state index in [1.54, 1.807) is 0 Å². The number of nitrogens with zero attached hydrogens (tertiary/aromatic N) is 2. The summed E-state index contributed by atoms with van der Waals surface area (Å²) in [5, 5.41) is 9.37. The molecule has 1 atom stereocenters. The molecule has 1 heterocycles. The summed E-state index contributed by atoms with van der Waals surface area (Å²) in [5.41, 5.74) is 0. The maximum Gasteiger partial charge on any atom is 0.225 e. The van der Waals surface area contributed by atoms with Gasteiger partial charge in [-0.15, -0.1) is 0 Å². The molecule has 0 aromatic rings. The number of hydrogen-bond acceptors (Lipinski definition) is 3. The molecule has 1 aliphatic heterocycles. The summed E-state index contributed by atoms with van der Waals surface area (Å²) in [4.78, 5) is 17.5. The largest absolute Gasteiger partial charge is 0.396 e. The van der Waals surface area contributed by atoms with Crippen LogP contribution < -0.4 is 0 Å². The molecule has 22 heavy (non-hydrogen) atoms. The van der Waals surface area contributed by atoms with Gasteiger partial charge in [-0.1, -0.05) is 25.7 Å². The van der Waals surface area contributed by atoms with Gasteiger partial charge in [0.15, 0.2) is 0 Å². The summed E-state index contributed by atoms with van der Waals surface area (Å²) in [6.07, 6.45) is 10.8. The van der Waals surface area contributed by atoms with E-state index in [1.165, 1.54) is 45.1 Å². The van der Waals surface area contributed by atoms with Gasteiger partial charge in [0.25, 0.3) is 0 Å².